The number of hydrogen-bond acceptors (Lipinski definition) is 6. The number of methoxy groups -OCH3 is 1. The van der Waals surface area contributed by atoms with E-state index in [2.05, 4.69) is 10.0 Å². The van der Waals surface area contributed by atoms with Crippen LogP contribution in [0.5, 0.6) is 5.75 Å². The van der Waals surface area contributed by atoms with Crippen molar-refractivity contribution in [1.29, 1.82) is 0 Å². The lowest BCUT2D eigenvalue weighted by atomic mass is 10.1. The first-order chi connectivity index (χ1) is 16.7. The van der Waals surface area contributed by atoms with Crippen LogP contribution in [0.2, 0.25) is 0 Å². The molecule has 2 N–H and O–H groups in total. The first-order valence-electron chi connectivity index (χ1n) is 11.0. The summed E-state index contributed by atoms with van der Waals surface area (Å²) >= 11 is 0. The van der Waals surface area contributed by atoms with E-state index < -0.39 is 27.9 Å². The van der Waals surface area contributed by atoms with Crippen LogP contribution in [0, 0.1) is 6.92 Å². The van der Waals surface area contributed by atoms with Crippen molar-refractivity contribution in [2.45, 2.75) is 31.2 Å². The quantitative estimate of drug-likeness (QED) is 0.414. The lowest BCUT2D eigenvalue weighted by Gasteiger charge is -2.17. The van der Waals surface area contributed by atoms with E-state index in [0.29, 0.717) is 23.6 Å². The Balaban J connectivity index is 1.81. The Morgan fingerprint density at radius 2 is 1.66 bits per heavy atom. The maximum absolute atomic E-state index is 13.1. The minimum Gasteiger partial charge on any atom is -0.494 e. The van der Waals surface area contributed by atoms with E-state index in [0.717, 1.165) is 5.56 Å². The SMILES string of the molecule is CCOc1ccc(NS(=O)(=O)c2cc(C(=O)NC(Cc3ccccc3)C(=O)OC)ccc2C)cc1. The van der Waals surface area contributed by atoms with Crippen LogP contribution in [-0.2, 0) is 26.0 Å². The first kappa shape index (κ1) is 25.8. The van der Waals surface area contributed by atoms with E-state index in [1.165, 1.54) is 19.2 Å². The molecule has 0 aromatic heterocycles. The van der Waals surface area contributed by atoms with Crippen LogP contribution in [-0.4, -0.2) is 40.1 Å². The van der Waals surface area contributed by atoms with Crippen LogP contribution in [0.4, 0.5) is 5.69 Å². The number of anilines is 1. The molecule has 1 unspecified atom stereocenters. The van der Waals surface area contributed by atoms with Gasteiger partial charge in [0.05, 0.1) is 18.6 Å². The number of sulfonamides is 1. The van der Waals surface area contributed by atoms with Crippen LogP contribution in [0.15, 0.2) is 77.7 Å². The standard InChI is InChI=1S/C26H28N2O6S/c1-4-34-22-14-12-21(13-15-22)28-35(31,32)24-17-20(11-10-18(24)2)25(29)27-23(26(30)33-3)16-19-8-6-5-7-9-19/h5-15,17,23,28H,4,16H2,1-3H3,(H,27,29). The second-order valence-electron chi connectivity index (χ2n) is 7.78. The van der Waals surface area contributed by atoms with Crippen LogP contribution < -0.4 is 14.8 Å². The number of carbonyl (C=O) groups is 2. The highest BCUT2D eigenvalue weighted by Crippen LogP contribution is 2.23. The maximum atomic E-state index is 13.1. The lowest BCUT2D eigenvalue weighted by molar-refractivity contribution is -0.142. The van der Waals surface area contributed by atoms with Gasteiger partial charge >= 0.3 is 5.97 Å². The molecule has 3 aromatic rings. The zero-order chi connectivity index (χ0) is 25.4. The predicted octanol–water partition coefficient (Wildman–Crippen LogP) is 3.71. The Bertz CT molecular complexity index is 1270. The number of aryl methyl sites for hydroxylation is 1. The summed E-state index contributed by atoms with van der Waals surface area (Å²) in [5.74, 6) is -0.561. The van der Waals surface area contributed by atoms with Gasteiger partial charge in [0.25, 0.3) is 15.9 Å². The summed E-state index contributed by atoms with van der Waals surface area (Å²) in [6.07, 6.45) is 0.232. The number of carbonyl (C=O) groups excluding carboxylic acids is 2. The molecule has 0 aliphatic carbocycles. The van der Waals surface area contributed by atoms with Gasteiger partial charge in [0.2, 0.25) is 0 Å². The largest absolute Gasteiger partial charge is 0.494 e. The molecule has 9 heteroatoms. The van der Waals surface area contributed by atoms with Crippen molar-refractivity contribution in [3.8, 4) is 5.75 Å². The molecule has 0 spiro atoms. The molecule has 1 atom stereocenters. The molecule has 1 amide bonds. The number of hydrogen-bond donors (Lipinski definition) is 2. The van der Waals surface area contributed by atoms with Gasteiger partial charge in [-0.2, -0.15) is 0 Å². The molecule has 8 nitrogen and oxygen atoms in total. The van der Waals surface area contributed by atoms with Crippen LogP contribution in [0.3, 0.4) is 0 Å². The van der Waals surface area contributed by atoms with Gasteiger partial charge in [-0.05, 0) is 61.4 Å². The Morgan fingerprint density at radius 1 is 0.971 bits per heavy atom. The molecule has 0 bridgehead atoms. The summed E-state index contributed by atoms with van der Waals surface area (Å²) < 4.78 is 38.9. The number of benzene rings is 3. The fourth-order valence-corrected chi connectivity index (χ4v) is 4.78. The molecule has 0 saturated carbocycles. The minimum atomic E-state index is -3.99. The summed E-state index contributed by atoms with van der Waals surface area (Å²) in [5, 5.41) is 2.66. The number of rotatable bonds is 10. The summed E-state index contributed by atoms with van der Waals surface area (Å²) in [6.45, 7) is 4.00. The summed E-state index contributed by atoms with van der Waals surface area (Å²) in [6, 6.07) is 19.1. The van der Waals surface area contributed by atoms with Gasteiger partial charge in [0.1, 0.15) is 11.8 Å². The fourth-order valence-electron chi connectivity index (χ4n) is 3.45. The van der Waals surface area contributed by atoms with E-state index in [4.69, 9.17) is 9.47 Å². The average molecular weight is 497 g/mol. The molecule has 35 heavy (non-hydrogen) atoms. The summed E-state index contributed by atoms with van der Waals surface area (Å²) in [4.78, 5) is 25.2. The van der Waals surface area contributed by atoms with Gasteiger partial charge in [-0.1, -0.05) is 36.4 Å². The predicted molar refractivity (Wildman–Crippen MR) is 133 cm³/mol. The molecule has 3 aromatic carbocycles. The van der Waals surface area contributed by atoms with Crippen molar-refractivity contribution in [1.82, 2.24) is 5.32 Å². The Morgan fingerprint density at radius 3 is 2.29 bits per heavy atom. The monoisotopic (exact) mass is 496 g/mol. The molecule has 0 aliphatic heterocycles. The van der Waals surface area contributed by atoms with Crippen molar-refractivity contribution >= 4 is 27.6 Å². The van der Waals surface area contributed by atoms with Gasteiger partial charge in [-0.3, -0.25) is 9.52 Å². The topological polar surface area (TPSA) is 111 Å². The van der Waals surface area contributed by atoms with E-state index in [1.54, 1.807) is 37.3 Å². The zero-order valence-corrected chi connectivity index (χ0v) is 20.6. The Labute approximate surface area is 205 Å². The molecular formula is C26H28N2O6S. The maximum Gasteiger partial charge on any atom is 0.328 e. The third-order valence-electron chi connectivity index (χ3n) is 5.23. The molecule has 3 rings (SSSR count). The number of ether oxygens (including phenoxy) is 2. The average Bonchev–Trinajstić information content (AvgIpc) is 2.85. The smallest absolute Gasteiger partial charge is 0.328 e. The van der Waals surface area contributed by atoms with E-state index in [-0.39, 0.29) is 16.9 Å². The number of esters is 1. The number of nitrogens with one attached hydrogen (secondary N) is 2. The second-order valence-corrected chi connectivity index (χ2v) is 9.43. The molecular weight excluding hydrogens is 468 g/mol. The third-order valence-corrected chi connectivity index (χ3v) is 6.75. The molecule has 0 aliphatic rings. The van der Waals surface area contributed by atoms with Gasteiger partial charge in [0.15, 0.2) is 0 Å². The Kier molecular flexibility index (Phi) is 8.48. The summed E-state index contributed by atoms with van der Waals surface area (Å²) in [7, 11) is -2.74. The van der Waals surface area contributed by atoms with Crippen LogP contribution in [0.1, 0.15) is 28.4 Å². The van der Waals surface area contributed by atoms with Crippen molar-refractivity contribution in [2.75, 3.05) is 18.4 Å². The molecule has 0 radical (unpaired) electrons. The van der Waals surface area contributed by atoms with Gasteiger partial charge in [0, 0.05) is 17.7 Å². The normalized spacial score (nSPS) is 11.9. The first-order valence-corrected chi connectivity index (χ1v) is 12.5. The Hall–Kier alpha value is -3.85. The van der Waals surface area contributed by atoms with Crippen molar-refractivity contribution in [3.63, 3.8) is 0 Å². The third kappa shape index (κ3) is 6.83. The second kappa shape index (κ2) is 11.5. The molecule has 184 valence electrons. The van der Waals surface area contributed by atoms with E-state index >= 15 is 0 Å². The van der Waals surface area contributed by atoms with Crippen molar-refractivity contribution in [2.24, 2.45) is 0 Å². The van der Waals surface area contributed by atoms with Crippen molar-refractivity contribution < 1.29 is 27.5 Å². The minimum absolute atomic E-state index is 0.0447. The zero-order valence-electron chi connectivity index (χ0n) is 19.8. The summed E-state index contributed by atoms with van der Waals surface area (Å²) in [5.41, 5.74) is 1.77. The molecule has 0 saturated heterocycles. The van der Waals surface area contributed by atoms with Crippen LogP contribution in [0.25, 0.3) is 0 Å². The van der Waals surface area contributed by atoms with E-state index in [1.807, 2.05) is 37.3 Å². The molecule has 0 fully saturated rings. The van der Waals surface area contributed by atoms with Gasteiger partial charge in [-0.15, -0.1) is 0 Å². The lowest BCUT2D eigenvalue weighted by Crippen LogP contribution is -2.43. The highest BCUT2D eigenvalue weighted by Gasteiger charge is 2.24. The number of amides is 1. The van der Waals surface area contributed by atoms with Crippen LogP contribution >= 0.6 is 0 Å². The van der Waals surface area contributed by atoms with Crippen molar-refractivity contribution in [3.05, 3.63) is 89.5 Å². The molecule has 0 heterocycles. The highest BCUT2D eigenvalue weighted by molar-refractivity contribution is 7.92. The highest BCUT2D eigenvalue weighted by atomic mass is 32.2. The van der Waals surface area contributed by atoms with Gasteiger partial charge in [-0.25, -0.2) is 13.2 Å². The van der Waals surface area contributed by atoms with E-state index in [9.17, 15) is 18.0 Å². The van der Waals surface area contributed by atoms with Gasteiger partial charge < -0.3 is 14.8 Å². The fraction of sp³-hybridized carbons (Fsp3) is 0.231.